The van der Waals surface area contributed by atoms with Crippen LogP contribution in [0.5, 0.6) is 0 Å². The van der Waals surface area contributed by atoms with Crippen molar-refractivity contribution in [2.24, 2.45) is 0 Å². The van der Waals surface area contributed by atoms with Crippen LogP contribution in [-0.4, -0.2) is 4.98 Å². The predicted molar refractivity (Wildman–Crippen MR) is 73.9 cm³/mol. The molecule has 0 radical (unpaired) electrons. The summed E-state index contributed by atoms with van der Waals surface area (Å²) in [6.07, 6.45) is 0. The summed E-state index contributed by atoms with van der Waals surface area (Å²) in [7, 11) is 0. The third-order valence-corrected chi connectivity index (χ3v) is 3.04. The molecule has 1 aromatic carbocycles. The second kappa shape index (κ2) is 5.03. The smallest absolute Gasteiger partial charge is 0.216 e. The molecule has 2 rings (SSSR count). The second-order valence-corrected chi connectivity index (χ2v) is 6.06. The Morgan fingerprint density at radius 3 is 2.24 bits per heavy atom. The lowest BCUT2D eigenvalue weighted by Crippen LogP contribution is -2.03. The average Bonchev–Trinajstić information content (AvgIpc) is 2.28. The molecule has 1 nitrogen and oxygen atoms in total. The van der Waals surface area contributed by atoms with Gasteiger partial charge in [0.25, 0.3) is 0 Å². The Hall–Kier alpha value is -0.470. The second-order valence-electron chi connectivity index (χ2n) is 3.39. The fourth-order valence-electron chi connectivity index (χ4n) is 1.51. The van der Waals surface area contributed by atoms with Crippen LogP contribution in [-0.2, 0) is 3.79 Å². The Morgan fingerprint density at radius 2 is 1.59 bits per heavy atom. The zero-order chi connectivity index (χ0) is 12.5. The zero-order valence-electron chi connectivity index (χ0n) is 8.50. The first-order chi connectivity index (χ1) is 7.98. The highest BCUT2D eigenvalue weighted by molar-refractivity contribution is 6.67. The molecule has 0 aliphatic carbocycles. The van der Waals surface area contributed by atoms with E-state index in [9.17, 15) is 0 Å². The number of halogens is 4. The van der Waals surface area contributed by atoms with Gasteiger partial charge in [0.15, 0.2) is 0 Å². The van der Waals surface area contributed by atoms with Gasteiger partial charge in [-0.15, -0.1) is 0 Å². The molecular weight excluding hydrogens is 300 g/mol. The van der Waals surface area contributed by atoms with E-state index in [4.69, 9.17) is 46.4 Å². The molecule has 0 aliphatic rings. The van der Waals surface area contributed by atoms with Gasteiger partial charge in [0.05, 0.1) is 5.69 Å². The molecule has 0 saturated heterocycles. The van der Waals surface area contributed by atoms with Crippen molar-refractivity contribution >= 4 is 46.4 Å². The number of aromatic nitrogens is 1. The molecule has 0 unspecified atom stereocenters. The summed E-state index contributed by atoms with van der Waals surface area (Å²) >= 11 is 23.6. The maximum atomic E-state index is 5.92. The summed E-state index contributed by atoms with van der Waals surface area (Å²) in [5.41, 5.74) is 2.02. The maximum Gasteiger partial charge on any atom is 0.216 e. The number of alkyl halides is 3. The number of pyridine rings is 1. The van der Waals surface area contributed by atoms with Gasteiger partial charge in [0.2, 0.25) is 3.79 Å². The summed E-state index contributed by atoms with van der Waals surface area (Å²) < 4.78 is -1.49. The van der Waals surface area contributed by atoms with Gasteiger partial charge >= 0.3 is 0 Å². The van der Waals surface area contributed by atoms with E-state index in [1.165, 1.54) is 0 Å². The third-order valence-electron chi connectivity index (χ3n) is 2.22. The van der Waals surface area contributed by atoms with Crippen LogP contribution in [0.15, 0.2) is 42.5 Å². The van der Waals surface area contributed by atoms with E-state index in [1.807, 2.05) is 24.3 Å². The lowest BCUT2D eigenvalue weighted by molar-refractivity contribution is 1.22. The topological polar surface area (TPSA) is 12.9 Å². The van der Waals surface area contributed by atoms with Crippen molar-refractivity contribution in [2.75, 3.05) is 0 Å². The van der Waals surface area contributed by atoms with Gasteiger partial charge in [-0.05, 0) is 12.1 Å². The minimum absolute atomic E-state index is 0.404. The van der Waals surface area contributed by atoms with Crippen LogP contribution in [0, 0.1) is 0 Å². The number of nitrogens with zero attached hydrogens (tertiary/aromatic N) is 1. The number of benzene rings is 1. The van der Waals surface area contributed by atoms with Crippen LogP contribution >= 0.6 is 46.4 Å². The molecule has 1 aromatic heterocycles. The van der Waals surface area contributed by atoms with Crippen LogP contribution in [0.1, 0.15) is 5.56 Å². The molecule has 0 saturated carbocycles. The van der Waals surface area contributed by atoms with Crippen molar-refractivity contribution in [3.8, 4) is 11.3 Å². The number of rotatable bonds is 1. The normalized spacial score (nSPS) is 11.5. The SMILES string of the molecule is Clc1cccc(-c2ccccc2C(Cl)(Cl)Cl)n1. The van der Waals surface area contributed by atoms with Crippen LogP contribution in [0.3, 0.4) is 0 Å². The molecular formula is C12H7Cl4N. The zero-order valence-corrected chi connectivity index (χ0v) is 11.5. The fraction of sp³-hybridized carbons (Fsp3) is 0.0833. The lowest BCUT2D eigenvalue weighted by atomic mass is 10.1. The van der Waals surface area contributed by atoms with Gasteiger partial charge in [0.1, 0.15) is 5.15 Å². The van der Waals surface area contributed by atoms with Crippen molar-refractivity contribution in [1.29, 1.82) is 0 Å². The number of hydrogen-bond acceptors (Lipinski definition) is 1. The molecule has 1 heterocycles. The Labute approximate surface area is 119 Å². The van der Waals surface area contributed by atoms with E-state index < -0.39 is 3.79 Å². The van der Waals surface area contributed by atoms with Crippen molar-refractivity contribution < 1.29 is 0 Å². The monoisotopic (exact) mass is 305 g/mol. The van der Waals surface area contributed by atoms with Gasteiger partial charge in [-0.25, -0.2) is 4.98 Å². The molecule has 17 heavy (non-hydrogen) atoms. The summed E-state index contributed by atoms with van der Waals surface area (Å²) in [5, 5.41) is 0.404. The van der Waals surface area contributed by atoms with Crippen LogP contribution < -0.4 is 0 Å². The van der Waals surface area contributed by atoms with Crippen LogP contribution in [0.25, 0.3) is 11.3 Å². The molecule has 0 atom stereocenters. The molecule has 0 N–H and O–H groups in total. The molecule has 2 aromatic rings. The molecule has 0 aliphatic heterocycles. The van der Waals surface area contributed by atoms with Gasteiger partial charge in [-0.1, -0.05) is 76.7 Å². The minimum atomic E-state index is -1.49. The largest absolute Gasteiger partial charge is 0.236 e. The quantitative estimate of drug-likeness (QED) is 0.519. The Balaban J connectivity index is 2.60. The average molecular weight is 307 g/mol. The first-order valence-electron chi connectivity index (χ1n) is 4.77. The van der Waals surface area contributed by atoms with E-state index in [0.29, 0.717) is 16.4 Å². The molecule has 0 fully saturated rings. The standard InChI is InChI=1S/C12H7Cl4N/c13-11-7-3-6-10(17-11)8-4-1-2-5-9(8)12(14,15)16/h1-7H. The van der Waals surface area contributed by atoms with Crippen molar-refractivity contribution in [3.63, 3.8) is 0 Å². The van der Waals surface area contributed by atoms with Crippen molar-refractivity contribution in [1.82, 2.24) is 4.98 Å². The molecule has 5 heteroatoms. The summed E-state index contributed by atoms with van der Waals surface area (Å²) in [5.74, 6) is 0. The Kier molecular flexibility index (Phi) is 3.84. The number of hydrogen-bond donors (Lipinski definition) is 0. The predicted octanol–water partition coefficient (Wildman–Crippen LogP) is 5.23. The van der Waals surface area contributed by atoms with Crippen LogP contribution in [0.4, 0.5) is 0 Å². The maximum absolute atomic E-state index is 5.92. The molecule has 0 amide bonds. The highest BCUT2D eigenvalue weighted by atomic mass is 35.6. The van der Waals surface area contributed by atoms with E-state index >= 15 is 0 Å². The lowest BCUT2D eigenvalue weighted by Gasteiger charge is -2.15. The fourth-order valence-corrected chi connectivity index (χ4v) is 2.17. The highest BCUT2D eigenvalue weighted by Crippen LogP contribution is 2.42. The summed E-state index contributed by atoms with van der Waals surface area (Å²) in [6, 6.07) is 12.6. The van der Waals surface area contributed by atoms with E-state index in [-0.39, 0.29) is 0 Å². The van der Waals surface area contributed by atoms with Gasteiger partial charge in [-0.2, -0.15) is 0 Å². The third kappa shape index (κ3) is 3.05. The summed E-state index contributed by atoms with van der Waals surface area (Å²) in [6.45, 7) is 0. The molecule has 88 valence electrons. The Morgan fingerprint density at radius 1 is 0.882 bits per heavy atom. The van der Waals surface area contributed by atoms with Crippen LogP contribution in [0.2, 0.25) is 5.15 Å². The molecule has 0 bridgehead atoms. The van der Waals surface area contributed by atoms with Gasteiger partial charge in [-0.3, -0.25) is 0 Å². The highest BCUT2D eigenvalue weighted by Gasteiger charge is 2.26. The van der Waals surface area contributed by atoms with Gasteiger partial charge in [0, 0.05) is 11.1 Å². The van der Waals surface area contributed by atoms with E-state index in [1.54, 1.807) is 18.2 Å². The first kappa shape index (κ1) is 13.0. The van der Waals surface area contributed by atoms with E-state index in [2.05, 4.69) is 4.98 Å². The van der Waals surface area contributed by atoms with E-state index in [0.717, 1.165) is 5.56 Å². The van der Waals surface area contributed by atoms with Crippen molar-refractivity contribution in [3.05, 3.63) is 53.2 Å². The minimum Gasteiger partial charge on any atom is -0.236 e. The molecule has 0 spiro atoms. The summed E-state index contributed by atoms with van der Waals surface area (Å²) in [4.78, 5) is 4.21. The Bertz CT molecular complexity index is 534. The van der Waals surface area contributed by atoms with Crippen molar-refractivity contribution in [2.45, 2.75) is 3.79 Å². The van der Waals surface area contributed by atoms with Gasteiger partial charge < -0.3 is 0 Å². The first-order valence-corrected chi connectivity index (χ1v) is 6.29.